The second-order valence-electron chi connectivity index (χ2n) is 19.9. The Bertz CT molecular complexity index is 4290. The van der Waals surface area contributed by atoms with E-state index < -0.39 is 0 Å². The molecule has 0 fully saturated rings. The van der Waals surface area contributed by atoms with Gasteiger partial charge in [-0.15, -0.1) is 22.7 Å². The van der Waals surface area contributed by atoms with Crippen molar-refractivity contribution < 1.29 is 0 Å². The number of benzene rings is 11. The van der Waals surface area contributed by atoms with Crippen LogP contribution in [0, 0.1) is 0 Å². The Morgan fingerprint density at radius 3 is 1.28 bits per heavy atom. The van der Waals surface area contributed by atoms with E-state index in [1.54, 1.807) is 0 Å². The van der Waals surface area contributed by atoms with Crippen LogP contribution in [0.2, 0.25) is 0 Å². The summed E-state index contributed by atoms with van der Waals surface area (Å²) >= 11 is 3.99. The molecule has 11 aromatic carbocycles. The monoisotopic (exact) mass is 916 g/mol. The summed E-state index contributed by atoms with van der Waals surface area (Å²) in [7, 11) is 0. The van der Waals surface area contributed by atoms with Gasteiger partial charge >= 0.3 is 0 Å². The van der Waals surface area contributed by atoms with Crippen LogP contribution in [0.1, 0.15) is 50.7 Å². The molecular weight excluding hydrogens is 872 g/mol. The first-order chi connectivity index (χ1) is 33.9. The largest absolute Gasteiger partial charge is 0.310 e. The lowest BCUT2D eigenvalue weighted by Crippen LogP contribution is -2.59. The Kier molecular flexibility index (Phi) is 8.33. The number of nitrogens with zero attached hydrogens (tertiary/aromatic N) is 2. The van der Waals surface area contributed by atoms with Crippen molar-refractivity contribution in [2.75, 3.05) is 9.80 Å². The average Bonchev–Trinajstić information content (AvgIpc) is 3.97. The molecule has 2 nitrogen and oxygen atoms in total. The van der Waals surface area contributed by atoms with Crippen LogP contribution >= 0.6 is 22.7 Å². The molecule has 69 heavy (non-hydrogen) atoms. The van der Waals surface area contributed by atoms with Crippen molar-refractivity contribution in [2.24, 2.45) is 0 Å². The Balaban J connectivity index is 1.08. The summed E-state index contributed by atoms with van der Waals surface area (Å²) in [5, 5.41) is 18.1. The third-order valence-corrected chi connectivity index (χ3v) is 18.0. The van der Waals surface area contributed by atoms with Gasteiger partial charge in [-0.05, 0) is 142 Å². The van der Waals surface area contributed by atoms with Gasteiger partial charge in [-0.2, -0.15) is 0 Å². The molecule has 0 saturated carbocycles. The number of hydrogen-bond donors (Lipinski definition) is 0. The molecule has 0 spiro atoms. The molecule has 15 rings (SSSR count). The van der Waals surface area contributed by atoms with Gasteiger partial charge in [0.15, 0.2) is 0 Å². The van der Waals surface area contributed by atoms with Crippen LogP contribution in [0.3, 0.4) is 0 Å². The highest BCUT2D eigenvalue weighted by Gasteiger charge is 2.47. The minimum Gasteiger partial charge on any atom is -0.310 e. The molecular formula is C64H45BN2S2. The molecule has 2 aromatic heterocycles. The summed E-state index contributed by atoms with van der Waals surface area (Å²) in [6.45, 7) is 9.34. The van der Waals surface area contributed by atoms with Gasteiger partial charge in [0, 0.05) is 52.2 Å². The van der Waals surface area contributed by atoms with Gasteiger partial charge in [0.05, 0.1) is 17.1 Å². The smallest absolute Gasteiger partial charge is 0.277 e. The van der Waals surface area contributed by atoms with Gasteiger partial charge in [0.25, 0.3) is 6.71 Å². The van der Waals surface area contributed by atoms with Crippen LogP contribution in [0.25, 0.3) is 84.8 Å². The maximum absolute atomic E-state index is 2.69. The first kappa shape index (κ1) is 39.5. The third kappa shape index (κ3) is 5.43. The molecule has 5 heteroatoms. The Morgan fingerprint density at radius 2 is 0.754 bits per heavy atom. The second-order valence-corrected chi connectivity index (χ2v) is 22.0. The Morgan fingerprint density at radius 1 is 0.348 bits per heavy atom. The lowest BCUT2D eigenvalue weighted by Gasteiger charge is -2.42. The maximum atomic E-state index is 2.69. The highest BCUT2D eigenvalue weighted by atomic mass is 32.1. The van der Waals surface area contributed by atoms with Crippen molar-refractivity contribution in [3.8, 4) is 0 Å². The van der Waals surface area contributed by atoms with Crippen LogP contribution in [0.4, 0.5) is 34.1 Å². The number of rotatable bonds is 4. The van der Waals surface area contributed by atoms with Gasteiger partial charge in [0.1, 0.15) is 0 Å². The molecule has 2 aliphatic heterocycles. The Labute approximate surface area is 409 Å². The highest BCUT2D eigenvalue weighted by Crippen LogP contribution is 2.53. The Hall–Kier alpha value is -7.44. The van der Waals surface area contributed by atoms with Crippen LogP contribution in [0.15, 0.2) is 188 Å². The van der Waals surface area contributed by atoms with Crippen LogP contribution in [-0.2, 0) is 0 Å². The van der Waals surface area contributed by atoms with Gasteiger partial charge in [-0.3, -0.25) is 0 Å². The average molecular weight is 917 g/mol. The molecule has 0 bridgehead atoms. The van der Waals surface area contributed by atoms with E-state index in [0.29, 0.717) is 11.8 Å². The molecule has 0 radical (unpaired) electrons. The first-order valence-electron chi connectivity index (χ1n) is 24.4. The SMILES string of the molecule is CC(C)c1ccc2sc3c(c2c1)N(c1ccc2c4ccccc4c4ccccc4c2c1)c1cccc2c1B3c1sc3ccc(C(C)C)cc3c1N2c1cccc2c3ccccc3c3ccccc3c12. The van der Waals surface area contributed by atoms with Crippen molar-refractivity contribution in [2.45, 2.75) is 39.5 Å². The standard InChI is InChI=1S/C64H45BN2S2/c1-36(2)38-27-31-57-52(33-38)61-63(68-57)65-60-55(66(61)40-29-30-48-43-17-6-5-15-41(43)42-16-8-10-21-47(42)51(48)35-40)25-14-26-56(60)67(62-53-34-39(37(3)4)28-32-58(53)69-64(62)65)54-24-13-23-50-46-19-9-7-18-44(46)45-20-11-12-22-49(45)59(50)54/h5-37H,1-4H3. The molecule has 0 amide bonds. The number of hydrogen-bond acceptors (Lipinski definition) is 4. The fourth-order valence-electron chi connectivity index (χ4n) is 12.3. The van der Waals surface area contributed by atoms with E-state index in [1.807, 2.05) is 22.7 Å². The minimum atomic E-state index is 0.0475. The van der Waals surface area contributed by atoms with E-state index in [2.05, 4.69) is 226 Å². The molecule has 326 valence electrons. The van der Waals surface area contributed by atoms with E-state index in [1.165, 1.54) is 145 Å². The van der Waals surface area contributed by atoms with E-state index in [9.17, 15) is 0 Å². The van der Waals surface area contributed by atoms with Crippen molar-refractivity contribution >= 4 is 163 Å². The van der Waals surface area contributed by atoms with Gasteiger partial charge in [-0.1, -0.05) is 161 Å². The normalized spacial score (nSPS) is 13.4. The summed E-state index contributed by atoms with van der Waals surface area (Å²) < 4.78 is 5.50. The number of thiophene rings is 2. The fraction of sp³-hybridized carbons (Fsp3) is 0.0938. The molecule has 13 aromatic rings. The molecule has 0 unspecified atom stereocenters. The molecule has 2 aliphatic rings. The quantitative estimate of drug-likeness (QED) is 0.128. The first-order valence-corrected chi connectivity index (χ1v) is 26.1. The number of anilines is 6. The van der Waals surface area contributed by atoms with E-state index in [4.69, 9.17) is 0 Å². The summed E-state index contributed by atoms with van der Waals surface area (Å²) in [5.74, 6) is 0.807. The fourth-order valence-corrected chi connectivity index (χ4v) is 15.0. The van der Waals surface area contributed by atoms with E-state index >= 15 is 0 Å². The molecule has 0 atom stereocenters. The minimum absolute atomic E-state index is 0.0475. The lowest BCUT2D eigenvalue weighted by molar-refractivity contribution is 0.869. The zero-order valence-electron chi connectivity index (χ0n) is 38.8. The van der Waals surface area contributed by atoms with Crippen LogP contribution in [0.5, 0.6) is 0 Å². The van der Waals surface area contributed by atoms with Crippen molar-refractivity contribution in [1.82, 2.24) is 0 Å². The summed E-state index contributed by atoms with van der Waals surface area (Å²) in [6.07, 6.45) is 0. The van der Waals surface area contributed by atoms with Gasteiger partial charge in [-0.25, -0.2) is 0 Å². The molecule has 0 saturated heterocycles. The summed E-state index contributed by atoms with van der Waals surface area (Å²) in [6, 6.07) is 71.9. The van der Waals surface area contributed by atoms with Crippen LogP contribution in [-0.4, -0.2) is 6.71 Å². The third-order valence-electron chi connectivity index (χ3n) is 15.5. The topological polar surface area (TPSA) is 6.48 Å². The zero-order valence-corrected chi connectivity index (χ0v) is 40.5. The van der Waals surface area contributed by atoms with Gasteiger partial charge in [0.2, 0.25) is 0 Å². The predicted molar refractivity (Wildman–Crippen MR) is 304 cm³/mol. The predicted octanol–water partition coefficient (Wildman–Crippen LogP) is 17.4. The molecule has 0 aliphatic carbocycles. The van der Waals surface area contributed by atoms with Crippen molar-refractivity contribution in [3.63, 3.8) is 0 Å². The van der Waals surface area contributed by atoms with Gasteiger partial charge < -0.3 is 9.80 Å². The molecule has 4 heterocycles. The van der Waals surface area contributed by atoms with E-state index in [-0.39, 0.29) is 6.71 Å². The second kappa shape index (κ2) is 14.5. The van der Waals surface area contributed by atoms with Crippen molar-refractivity contribution in [3.05, 3.63) is 199 Å². The van der Waals surface area contributed by atoms with Crippen molar-refractivity contribution in [1.29, 1.82) is 0 Å². The summed E-state index contributed by atoms with van der Waals surface area (Å²) in [5.41, 5.74) is 11.6. The maximum Gasteiger partial charge on any atom is 0.277 e. The highest BCUT2D eigenvalue weighted by molar-refractivity contribution is 7.40. The lowest BCUT2D eigenvalue weighted by atomic mass is 9.39. The van der Waals surface area contributed by atoms with Crippen LogP contribution < -0.4 is 24.8 Å². The summed E-state index contributed by atoms with van der Waals surface area (Å²) in [4.78, 5) is 5.33. The zero-order chi connectivity index (χ0) is 45.8. The van der Waals surface area contributed by atoms with E-state index in [0.717, 1.165) is 0 Å². The molecule has 0 N–H and O–H groups in total. The number of fused-ring (bicyclic) bond motifs is 20.